The number of carbonyl (C=O) groups excluding carboxylic acids is 2. The minimum atomic E-state index is -0.687. The third kappa shape index (κ3) is 4.15. The average molecular weight is 407 g/mol. The Morgan fingerprint density at radius 2 is 1.67 bits per heavy atom. The summed E-state index contributed by atoms with van der Waals surface area (Å²) in [7, 11) is 0. The van der Waals surface area contributed by atoms with Crippen LogP contribution in [-0.2, 0) is 9.59 Å². The van der Waals surface area contributed by atoms with Gasteiger partial charge in [0.2, 0.25) is 6.10 Å². The molecule has 0 aromatic heterocycles. The highest BCUT2D eigenvalue weighted by atomic mass is 16.6. The highest BCUT2D eigenvalue weighted by Crippen LogP contribution is 2.31. The maximum atomic E-state index is 12.8. The van der Waals surface area contributed by atoms with E-state index in [4.69, 9.17) is 19.5 Å². The van der Waals surface area contributed by atoms with E-state index in [9.17, 15) is 9.59 Å². The third-order valence-corrected chi connectivity index (χ3v) is 5.09. The first-order chi connectivity index (χ1) is 14.7. The van der Waals surface area contributed by atoms with Crippen LogP contribution in [0.5, 0.6) is 17.2 Å². The summed E-state index contributed by atoms with van der Waals surface area (Å²) in [6, 6.07) is 16.1. The van der Waals surface area contributed by atoms with Crippen molar-refractivity contribution in [2.45, 2.75) is 6.10 Å². The number of amides is 2. The zero-order valence-electron chi connectivity index (χ0n) is 16.3. The Hall–Kier alpha value is -3.73. The van der Waals surface area contributed by atoms with E-state index in [-0.39, 0.29) is 25.0 Å². The quantitative estimate of drug-likeness (QED) is 0.762. The summed E-state index contributed by atoms with van der Waals surface area (Å²) in [6.07, 6.45) is -0.687. The van der Waals surface area contributed by atoms with Gasteiger partial charge in [-0.2, -0.15) is 5.26 Å². The maximum absolute atomic E-state index is 12.8. The lowest BCUT2D eigenvalue weighted by molar-refractivity contribution is -0.146. The molecular weight excluding hydrogens is 386 g/mol. The number of para-hydroxylation sites is 3. The predicted octanol–water partition coefficient (Wildman–Crippen LogP) is 1.45. The molecule has 2 aromatic rings. The zero-order chi connectivity index (χ0) is 20.9. The molecule has 154 valence electrons. The molecule has 2 aliphatic rings. The van der Waals surface area contributed by atoms with Crippen molar-refractivity contribution < 1.29 is 23.8 Å². The summed E-state index contributed by atoms with van der Waals surface area (Å²) in [5, 5.41) is 9.09. The van der Waals surface area contributed by atoms with E-state index in [2.05, 4.69) is 0 Å². The smallest absolute Gasteiger partial charge is 0.267 e. The van der Waals surface area contributed by atoms with Gasteiger partial charge in [-0.1, -0.05) is 24.3 Å². The third-order valence-electron chi connectivity index (χ3n) is 5.09. The van der Waals surface area contributed by atoms with Gasteiger partial charge in [-0.15, -0.1) is 0 Å². The van der Waals surface area contributed by atoms with Crippen molar-refractivity contribution in [2.75, 3.05) is 39.4 Å². The first-order valence-electron chi connectivity index (χ1n) is 9.72. The van der Waals surface area contributed by atoms with Gasteiger partial charge in [0, 0.05) is 26.2 Å². The van der Waals surface area contributed by atoms with Crippen LogP contribution >= 0.6 is 0 Å². The first kappa shape index (κ1) is 19.6. The number of benzene rings is 2. The van der Waals surface area contributed by atoms with Gasteiger partial charge in [0.1, 0.15) is 18.4 Å². The normalized spacial score (nSPS) is 17.8. The lowest BCUT2D eigenvalue weighted by Gasteiger charge is -2.37. The van der Waals surface area contributed by atoms with E-state index in [1.807, 2.05) is 18.2 Å². The second kappa shape index (κ2) is 8.74. The summed E-state index contributed by atoms with van der Waals surface area (Å²) in [4.78, 5) is 28.6. The molecule has 0 radical (unpaired) electrons. The number of nitrogens with zero attached hydrogens (tertiary/aromatic N) is 3. The SMILES string of the molecule is N#Cc1ccccc1OCC(=O)N1CCN(C(=O)C2COc3ccccc3O2)CC1. The summed E-state index contributed by atoms with van der Waals surface area (Å²) >= 11 is 0. The van der Waals surface area contributed by atoms with Crippen LogP contribution in [0.4, 0.5) is 0 Å². The second-order valence-corrected chi connectivity index (χ2v) is 6.97. The summed E-state index contributed by atoms with van der Waals surface area (Å²) in [5.41, 5.74) is 0.386. The Morgan fingerprint density at radius 1 is 1.00 bits per heavy atom. The molecule has 8 heteroatoms. The number of hydrogen-bond acceptors (Lipinski definition) is 6. The molecule has 0 aliphatic carbocycles. The lowest BCUT2D eigenvalue weighted by atomic mass is 10.2. The molecule has 0 spiro atoms. The predicted molar refractivity (Wildman–Crippen MR) is 106 cm³/mol. The van der Waals surface area contributed by atoms with Crippen LogP contribution in [-0.4, -0.2) is 67.1 Å². The largest absolute Gasteiger partial charge is 0.485 e. The van der Waals surface area contributed by atoms with Crippen LogP contribution in [0, 0.1) is 11.3 Å². The molecule has 2 aromatic carbocycles. The van der Waals surface area contributed by atoms with Crippen LogP contribution < -0.4 is 14.2 Å². The maximum Gasteiger partial charge on any atom is 0.267 e. The van der Waals surface area contributed by atoms with Crippen LogP contribution in [0.1, 0.15) is 5.56 Å². The highest BCUT2D eigenvalue weighted by Gasteiger charge is 2.33. The Bertz CT molecular complexity index is 979. The molecule has 1 fully saturated rings. The van der Waals surface area contributed by atoms with Gasteiger partial charge < -0.3 is 24.0 Å². The van der Waals surface area contributed by atoms with E-state index in [0.29, 0.717) is 49.0 Å². The number of hydrogen-bond donors (Lipinski definition) is 0. The Labute approximate surface area is 174 Å². The molecule has 2 amide bonds. The molecule has 2 aliphatic heterocycles. The Balaban J connectivity index is 1.27. The number of rotatable bonds is 4. The molecule has 2 heterocycles. The zero-order valence-corrected chi connectivity index (χ0v) is 16.3. The van der Waals surface area contributed by atoms with Gasteiger partial charge in [-0.25, -0.2) is 0 Å². The van der Waals surface area contributed by atoms with Gasteiger partial charge in [0.05, 0.1) is 5.56 Å². The Kier molecular flexibility index (Phi) is 5.70. The van der Waals surface area contributed by atoms with E-state index in [1.165, 1.54) is 0 Å². The van der Waals surface area contributed by atoms with E-state index < -0.39 is 6.10 Å². The number of ether oxygens (including phenoxy) is 3. The first-order valence-corrected chi connectivity index (χ1v) is 9.72. The van der Waals surface area contributed by atoms with Crippen molar-refractivity contribution >= 4 is 11.8 Å². The van der Waals surface area contributed by atoms with Crippen molar-refractivity contribution in [2.24, 2.45) is 0 Å². The number of fused-ring (bicyclic) bond motifs is 1. The number of carbonyl (C=O) groups is 2. The minimum absolute atomic E-state index is 0.143. The van der Waals surface area contributed by atoms with Gasteiger partial charge in [-0.3, -0.25) is 9.59 Å². The number of piperazine rings is 1. The van der Waals surface area contributed by atoms with Crippen molar-refractivity contribution in [3.05, 3.63) is 54.1 Å². The van der Waals surface area contributed by atoms with Crippen LogP contribution in [0.15, 0.2) is 48.5 Å². The molecule has 1 unspecified atom stereocenters. The summed E-state index contributed by atoms with van der Waals surface area (Å²) in [5.74, 6) is 1.26. The molecule has 0 N–H and O–H groups in total. The summed E-state index contributed by atoms with van der Waals surface area (Å²) in [6.45, 7) is 1.68. The van der Waals surface area contributed by atoms with Gasteiger partial charge in [-0.05, 0) is 24.3 Å². The fourth-order valence-corrected chi connectivity index (χ4v) is 3.44. The van der Waals surface area contributed by atoms with Crippen LogP contribution in [0.3, 0.4) is 0 Å². The lowest BCUT2D eigenvalue weighted by Crippen LogP contribution is -2.55. The van der Waals surface area contributed by atoms with Crippen molar-refractivity contribution in [1.29, 1.82) is 5.26 Å². The molecule has 0 saturated carbocycles. The van der Waals surface area contributed by atoms with E-state index in [0.717, 1.165) is 0 Å². The van der Waals surface area contributed by atoms with E-state index in [1.54, 1.807) is 46.2 Å². The standard InChI is InChI=1S/C22H21N3O5/c23-13-16-5-1-2-6-17(16)29-15-21(26)24-9-11-25(12-10-24)22(27)20-14-28-18-7-3-4-8-19(18)30-20/h1-8,20H,9-12,14-15H2. The van der Waals surface area contributed by atoms with Crippen molar-refractivity contribution in [1.82, 2.24) is 9.80 Å². The topological polar surface area (TPSA) is 92.1 Å². The molecule has 1 saturated heterocycles. The molecular formula is C22H21N3O5. The fourth-order valence-electron chi connectivity index (χ4n) is 3.44. The van der Waals surface area contributed by atoms with Crippen LogP contribution in [0.2, 0.25) is 0 Å². The molecule has 1 atom stereocenters. The summed E-state index contributed by atoms with van der Waals surface area (Å²) < 4.78 is 16.9. The van der Waals surface area contributed by atoms with Crippen LogP contribution in [0.25, 0.3) is 0 Å². The number of nitriles is 1. The molecule has 4 rings (SSSR count). The Morgan fingerprint density at radius 3 is 2.43 bits per heavy atom. The van der Waals surface area contributed by atoms with E-state index >= 15 is 0 Å². The van der Waals surface area contributed by atoms with Gasteiger partial charge in [0.25, 0.3) is 11.8 Å². The average Bonchev–Trinajstić information content (AvgIpc) is 2.82. The highest BCUT2D eigenvalue weighted by molar-refractivity contribution is 5.83. The monoisotopic (exact) mass is 407 g/mol. The minimum Gasteiger partial charge on any atom is -0.485 e. The molecule has 0 bridgehead atoms. The van der Waals surface area contributed by atoms with Gasteiger partial charge in [0.15, 0.2) is 18.1 Å². The van der Waals surface area contributed by atoms with Crippen molar-refractivity contribution in [3.63, 3.8) is 0 Å². The molecule has 8 nitrogen and oxygen atoms in total. The van der Waals surface area contributed by atoms with Crippen molar-refractivity contribution in [3.8, 4) is 23.3 Å². The molecule has 30 heavy (non-hydrogen) atoms. The fraction of sp³-hybridized carbons (Fsp3) is 0.318. The van der Waals surface area contributed by atoms with Gasteiger partial charge >= 0.3 is 0 Å². The second-order valence-electron chi connectivity index (χ2n) is 6.97.